The number of carbonyl (C=O) groups is 1. The van der Waals surface area contributed by atoms with Crippen LogP contribution in [0.15, 0.2) is 34.8 Å². The molecule has 0 radical (unpaired) electrons. The number of pyridine rings is 1. The smallest absolute Gasteiger partial charge is 0.275 e. The van der Waals surface area contributed by atoms with Gasteiger partial charge in [0.15, 0.2) is 0 Å². The van der Waals surface area contributed by atoms with Gasteiger partial charge in [0.1, 0.15) is 17.3 Å². The second-order valence-corrected chi connectivity index (χ2v) is 5.22. The number of hydrogen-bond acceptors (Lipinski definition) is 4. The number of nitrogens with one attached hydrogen (secondary N) is 1. The molecule has 1 aromatic heterocycles. The molecule has 0 aliphatic rings. The fraction of sp³-hybridized carbons (Fsp3) is 0.0769. The molecule has 2 rings (SSSR count). The molecular weight excluding hydrogens is 346 g/mol. The molecule has 104 valence electrons. The third-order valence-corrected chi connectivity index (χ3v) is 3.21. The third kappa shape index (κ3) is 3.40. The van der Waals surface area contributed by atoms with Gasteiger partial charge in [-0.3, -0.25) is 4.79 Å². The van der Waals surface area contributed by atoms with Crippen LogP contribution in [-0.2, 0) is 0 Å². The molecule has 0 fully saturated rings. The first-order valence-electron chi connectivity index (χ1n) is 5.57. The van der Waals surface area contributed by atoms with Gasteiger partial charge >= 0.3 is 0 Å². The SMILES string of the molecule is COc1cc(Br)cc(NC(=O)c2nc(N)ccc2Cl)c1. The van der Waals surface area contributed by atoms with Crippen molar-refractivity contribution in [3.05, 3.63) is 45.5 Å². The molecule has 0 bridgehead atoms. The largest absolute Gasteiger partial charge is 0.497 e. The summed E-state index contributed by atoms with van der Waals surface area (Å²) in [5.74, 6) is 0.398. The monoisotopic (exact) mass is 355 g/mol. The molecule has 5 nitrogen and oxygen atoms in total. The van der Waals surface area contributed by atoms with Crippen molar-refractivity contribution < 1.29 is 9.53 Å². The highest BCUT2D eigenvalue weighted by Gasteiger charge is 2.13. The molecule has 1 heterocycles. The maximum absolute atomic E-state index is 12.1. The lowest BCUT2D eigenvalue weighted by atomic mass is 10.2. The summed E-state index contributed by atoms with van der Waals surface area (Å²) in [4.78, 5) is 16.1. The second-order valence-electron chi connectivity index (χ2n) is 3.90. The lowest BCUT2D eigenvalue weighted by Gasteiger charge is -2.09. The Balaban J connectivity index is 2.27. The minimum absolute atomic E-state index is 0.0746. The van der Waals surface area contributed by atoms with E-state index in [1.54, 1.807) is 25.3 Å². The van der Waals surface area contributed by atoms with Crippen molar-refractivity contribution in [1.82, 2.24) is 4.98 Å². The number of hydrogen-bond donors (Lipinski definition) is 2. The average Bonchev–Trinajstić information content (AvgIpc) is 2.40. The van der Waals surface area contributed by atoms with E-state index in [0.29, 0.717) is 11.4 Å². The molecule has 0 saturated heterocycles. The molecule has 7 heteroatoms. The van der Waals surface area contributed by atoms with Crippen molar-refractivity contribution in [2.75, 3.05) is 18.2 Å². The summed E-state index contributed by atoms with van der Waals surface area (Å²) in [6.45, 7) is 0. The van der Waals surface area contributed by atoms with Crippen LogP contribution < -0.4 is 15.8 Å². The summed E-state index contributed by atoms with van der Waals surface area (Å²) in [5, 5.41) is 2.93. The van der Waals surface area contributed by atoms with Gasteiger partial charge in [0, 0.05) is 16.2 Å². The van der Waals surface area contributed by atoms with Crippen molar-refractivity contribution in [3.8, 4) is 5.75 Å². The molecule has 0 aliphatic carbocycles. The van der Waals surface area contributed by atoms with Crippen molar-refractivity contribution >= 4 is 44.9 Å². The van der Waals surface area contributed by atoms with Gasteiger partial charge in [-0.25, -0.2) is 4.98 Å². The zero-order chi connectivity index (χ0) is 14.7. The van der Waals surface area contributed by atoms with Crippen molar-refractivity contribution in [1.29, 1.82) is 0 Å². The highest BCUT2D eigenvalue weighted by atomic mass is 79.9. The summed E-state index contributed by atoms with van der Waals surface area (Å²) in [6.07, 6.45) is 0. The summed E-state index contributed by atoms with van der Waals surface area (Å²) in [7, 11) is 1.55. The Morgan fingerprint density at radius 3 is 2.85 bits per heavy atom. The van der Waals surface area contributed by atoms with Crippen LogP contribution in [-0.4, -0.2) is 18.0 Å². The molecule has 0 unspecified atom stereocenters. The fourth-order valence-corrected chi connectivity index (χ4v) is 2.22. The van der Waals surface area contributed by atoms with Gasteiger partial charge in [0.25, 0.3) is 5.91 Å². The van der Waals surface area contributed by atoms with Crippen molar-refractivity contribution in [2.45, 2.75) is 0 Å². The predicted octanol–water partition coefficient (Wildman–Crippen LogP) is 3.34. The molecule has 1 amide bonds. The van der Waals surface area contributed by atoms with Crippen LogP contribution in [0.1, 0.15) is 10.5 Å². The normalized spacial score (nSPS) is 10.2. The van der Waals surface area contributed by atoms with Crippen LogP contribution in [0.25, 0.3) is 0 Å². The minimum Gasteiger partial charge on any atom is -0.497 e. The van der Waals surface area contributed by atoms with E-state index in [-0.39, 0.29) is 16.5 Å². The number of anilines is 2. The lowest BCUT2D eigenvalue weighted by molar-refractivity contribution is 0.102. The molecule has 3 N–H and O–H groups in total. The van der Waals surface area contributed by atoms with Gasteiger partial charge in [-0.2, -0.15) is 0 Å². The Morgan fingerprint density at radius 1 is 1.40 bits per heavy atom. The van der Waals surface area contributed by atoms with Gasteiger partial charge in [0.05, 0.1) is 12.1 Å². The first-order valence-corrected chi connectivity index (χ1v) is 6.74. The quantitative estimate of drug-likeness (QED) is 0.884. The van der Waals surface area contributed by atoms with Gasteiger partial charge in [0.2, 0.25) is 0 Å². The number of nitrogens with two attached hydrogens (primary N) is 1. The number of nitrogens with zero attached hydrogens (tertiary/aromatic N) is 1. The number of carbonyl (C=O) groups excluding carboxylic acids is 1. The number of rotatable bonds is 3. The maximum Gasteiger partial charge on any atom is 0.275 e. The van der Waals surface area contributed by atoms with E-state index >= 15 is 0 Å². The van der Waals surface area contributed by atoms with Crippen LogP contribution in [0, 0.1) is 0 Å². The number of benzene rings is 1. The molecule has 0 saturated carbocycles. The number of aromatic nitrogens is 1. The zero-order valence-electron chi connectivity index (χ0n) is 10.5. The topological polar surface area (TPSA) is 77.2 Å². The lowest BCUT2D eigenvalue weighted by Crippen LogP contribution is -2.15. The average molecular weight is 357 g/mol. The second kappa shape index (κ2) is 6.11. The third-order valence-electron chi connectivity index (χ3n) is 2.45. The Morgan fingerprint density at radius 2 is 2.15 bits per heavy atom. The molecule has 0 spiro atoms. The van der Waals surface area contributed by atoms with E-state index < -0.39 is 5.91 Å². The van der Waals surface area contributed by atoms with Crippen LogP contribution in [0.4, 0.5) is 11.5 Å². The Hall–Kier alpha value is -1.79. The van der Waals surface area contributed by atoms with E-state index in [4.69, 9.17) is 22.1 Å². The highest BCUT2D eigenvalue weighted by Crippen LogP contribution is 2.25. The van der Waals surface area contributed by atoms with Gasteiger partial charge in [-0.05, 0) is 24.3 Å². The van der Waals surface area contributed by atoms with Crippen molar-refractivity contribution in [3.63, 3.8) is 0 Å². The molecular formula is C13H11BrClN3O2. The fourth-order valence-electron chi connectivity index (χ4n) is 1.56. The van der Waals surface area contributed by atoms with Crippen LogP contribution >= 0.6 is 27.5 Å². The van der Waals surface area contributed by atoms with Crippen LogP contribution in [0.2, 0.25) is 5.02 Å². The summed E-state index contributed by atoms with van der Waals surface area (Å²) in [6, 6.07) is 8.26. The highest BCUT2D eigenvalue weighted by molar-refractivity contribution is 9.10. The minimum atomic E-state index is -0.442. The summed E-state index contributed by atoms with van der Waals surface area (Å²) >= 11 is 9.27. The van der Waals surface area contributed by atoms with E-state index in [0.717, 1.165) is 4.47 Å². The molecule has 20 heavy (non-hydrogen) atoms. The van der Waals surface area contributed by atoms with E-state index in [1.165, 1.54) is 12.1 Å². The van der Waals surface area contributed by atoms with Crippen LogP contribution in [0.3, 0.4) is 0 Å². The number of nitrogen functional groups attached to an aromatic ring is 1. The summed E-state index contributed by atoms with van der Waals surface area (Å²) in [5.41, 5.74) is 6.18. The van der Waals surface area contributed by atoms with Crippen LogP contribution in [0.5, 0.6) is 5.75 Å². The Bertz CT molecular complexity index is 664. The number of amides is 1. The van der Waals surface area contributed by atoms with Gasteiger partial charge < -0.3 is 15.8 Å². The first kappa shape index (κ1) is 14.6. The summed E-state index contributed by atoms with van der Waals surface area (Å²) < 4.78 is 5.90. The van der Waals surface area contributed by atoms with Gasteiger partial charge in [-0.1, -0.05) is 27.5 Å². The number of ether oxygens (including phenoxy) is 1. The maximum atomic E-state index is 12.1. The number of methoxy groups -OCH3 is 1. The van der Waals surface area contributed by atoms with Gasteiger partial charge in [-0.15, -0.1) is 0 Å². The molecule has 0 aliphatic heterocycles. The molecule has 2 aromatic rings. The van der Waals surface area contributed by atoms with E-state index in [9.17, 15) is 4.79 Å². The van der Waals surface area contributed by atoms with E-state index in [1.807, 2.05) is 0 Å². The number of halogens is 2. The standard InChI is InChI=1S/C13H11BrClN3O2/c1-20-9-5-7(14)4-8(6-9)17-13(19)12-10(15)2-3-11(16)18-12/h2-6H,1H3,(H2,16,18)(H,17,19). The predicted molar refractivity (Wildman–Crippen MR) is 82.3 cm³/mol. The Labute approximate surface area is 129 Å². The molecule has 0 atom stereocenters. The Kier molecular flexibility index (Phi) is 4.46. The van der Waals surface area contributed by atoms with Crippen molar-refractivity contribution in [2.24, 2.45) is 0 Å². The van der Waals surface area contributed by atoms with E-state index in [2.05, 4.69) is 26.2 Å². The first-order chi connectivity index (χ1) is 9.49. The zero-order valence-corrected chi connectivity index (χ0v) is 12.8. The molecule has 1 aromatic carbocycles.